The van der Waals surface area contributed by atoms with Crippen LogP contribution in [0.15, 0.2) is 0 Å². The van der Waals surface area contributed by atoms with Gasteiger partial charge in [-0.25, -0.2) is 4.79 Å². The lowest BCUT2D eigenvalue weighted by molar-refractivity contribution is -0.166. The Bertz CT molecular complexity index is 238. The third-order valence-electron chi connectivity index (χ3n) is 2.68. The van der Waals surface area contributed by atoms with Gasteiger partial charge in [0.15, 0.2) is 6.10 Å². The van der Waals surface area contributed by atoms with Crippen LogP contribution >= 0.6 is 0 Å². The minimum absolute atomic E-state index is 0.406. The number of ether oxygens (including phenoxy) is 2. The van der Waals surface area contributed by atoms with Gasteiger partial charge in [-0.05, 0) is 19.3 Å². The molecule has 0 bridgehead atoms. The Labute approximate surface area is 104 Å². The summed E-state index contributed by atoms with van der Waals surface area (Å²) in [7, 11) is 0. The number of rotatable bonds is 8. The summed E-state index contributed by atoms with van der Waals surface area (Å²) in [5.41, 5.74) is 0. The fourth-order valence-corrected chi connectivity index (χ4v) is 1.51. The minimum Gasteiger partial charge on any atom is -0.463 e. The van der Waals surface area contributed by atoms with E-state index in [0.29, 0.717) is 12.5 Å². The standard InChI is InChI=1S/C13H24O4/c1-5-7-8-12(6-2)9-16-13(15)10(3)17-11(4)14/h10,12H,5-9H2,1-4H3. The lowest BCUT2D eigenvalue weighted by atomic mass is 10.0. The van der Waals surface area contributed by atoms with Gasteiger partial charge in [-0.15, -0.1) is 0 Å². The normalized spacial score (nSPS) is 13.9. The molecule has 0 aromatic heterocycles. The number of hydrogen-bond acceptors (Lipinski definition) is 4. The predicted octanol–water partition coefficient (Wildman–Crippen LogP) is 2.70. The van der Waals surface area contributed by atoms with Crippen molar-refractivity contribution in [1.29, 1.82) is 0 Å². The van der Waals surface area contributed by atoms with Crippen molar-refractivity contribution >= 4 is 11.9 Å². The third-order valence-corrected chi connectivity index (χ3v) is 2.68. The van der Waals surface area contributed by atoms with Crippen molar-refractivity contribution in [3.63, 3.8) is 0 Å². The van der Waals surface area contributed by atoms with Gasteiger partial charge in [0.25, 0.3) is 0 Å². The molecule has 4 heteroatoms. The summed E-state index contributed by atoms with van der Waals surface area (Å²) in [5.74, 6) is -0.522. The second-order valence-corrected chi connectivity index (χ2v) is 4.30. The van der Waals surface area contributed by atoms with Gasteiger partial charge in [0.05, 0.1) is 6.61 Å². The zero-order chi connectivity index (χ0) is 13.3. The highest BCUT2D eigenvalue weighted by atomic mass is 16.6. The maximum absolute atomic E-state index is 11.5. The van der Waals surface area contributed by atoms with Gasteiger partial charge in [0, 0.05) is 6.92 Å². The summed E-state index contributed by atoms with van der Waals surface area (Å²) in [4.78, 5) is 22.1. The Morgan fingerprint density at radius 3 is 2.35 bits per heavy atom. The third kappa shape index (κ3) is 7.77. The molecule has 0 aliphatic carbocycles. The van der Waals surface area contributed by atoms with Crippen molar-refractivity contribution in [2.75, 3.05) is 6.61 Å². The summed E-state index contributed by atoms with van der Waals surface area (Å²) in [6.07, 6.45) is 3.55. The first-order valence-corrected chi connectivity index (χ1v) is 6.35. The molecule has 0 N–H and O–H groups in total. The maximum atomic E-state index is 11.5. The fraction of sp³-hybridized carbons (Fsp3) is 0.846. The van der Waals surface area contributed by atoms with Gasteiger partial charge in [-0.3, -0.25) is 4.79 Å². The van der Waals surface area contributed by atoms with Gasteiger partial charge in [-0.2, -0.15) is 0 Å². The van der Waals surface area contributed by atoms with Gasteiger partial charge in [0.1, 0.15) is 0 Å². The average molecular weight is 244 g/mol. The number of hydrogen-bond donors (Lipinski definition) is 0. The Morgan fingerprint density at radius 2 is 1.88 bits per heavy atom. The average Bonchev–Trinajstić information content (AvgIpc) is 2.28. The smallest absolute Gasteiger partial charge is 0.347 e. The summed E-state index contributed by atoms with van der Waals surface area (Å²) in [6.45, 7) is 7.45. The summed E-state index contributed by atoms with van der Waals surface area (Å²) >= 11 is 0. The highest BCUT2D eigenvalue weighted by molar-refractivity contribution is 5.78. The highest BCUT2D eigenvalue weighted by Crippen LogP contribution is 2.13. The lowest BCUT2D eigenvalue weighted by Crippen LogP contribution is -2.27. The summed E-state index contributed by atoms with van der Waals surface area (Å²) in [5, 5.41) is 0. The SMILES string of the molecule is CCCCC(CC)COC(=O)C(C)OC(C)=O. The second kappa shape index (κ2) is 9.02. The first kappa shape index (κ1) is 15.9. The van der Waals surface area contributed by atoms with Crippen molar-refractivity contribution in [2.24, 2.45) is 5.92 Å². The molecule has 0 rings (SSSR count). The number of carbonyl (C=O) groups is 2. The Morgan fingerprint density at radius 1 is 1.24 bits per heavy atom. The Balaban J connectivity index is 3.90. The molecule has 2 unspecified atom stereocenters. The molecule has 2 atom stereocenters. The summed E-state index contributed by atoms with van der Waals surface area (Å²) in [6, 6.07) is 0. The molecule has 0 saturated heterocycles. The molecule has 0 aromatic carbocycles. The second-order valence-electron chi connectivity index (χ2n) is 4.30. The molecule has 0 heterocycles. The monoisotopic (exact) mass is 244 g/mol. The maximum Gasteiger partial charge on any atom is 0.347 e. The topological polar surface area (TPSA) is 52.6 Å². The van der Waals surface area contributed by atoms with Crippen LogP contribution in [0, 0.1) is 5.92 Å². The molecule has 0 aromatic rings. The van der Waals surface area contributed by atoms with E-state index in [9.17, 15) is 9.59 Å². The highest BCUT2D eigenvalue weighted by Gasteiger charge is 2.18. The van der Waals surface area contributed by atoms with Crippen LogP contribution in [0.3, 0.4) is 0 Å². The van der Waals surface area contributed by atoms with E-state index in [1.165, 1.54) is 13.8 Å². The number of carbonyl (C=O) groups excluding carboxylic acids is 2. The van der Waals surface area contributed by atoms with Crippen molar-refractivity contribution in [3.05, 3.63) is 0 Å². The van der Waals surface area contributed by atoms with Crippen LogP contribution in [0.4, 0.5) is 0 Å². The van der Waals surface area contributed by atoms with Crippen LogP contribution in [-0.4, -0.2) is 24.6 Å². The van der Waals surface area contributed by atoms with Crippen LogP contribution in [0.1, 0.15) is 53.4 Å². The zero-order valence-electron chi connectivity index (χ0n) is 11.3. The van der Waals surface area contributed by atoms with Gasteiger partial charge in [-0.1, -0.05) is 33.1 Å². The van der Waals surface area contributed by atoms with E-state index in [1.807, 2.05) is 0 Å². The molecule has 17 heavy (non-hydrogen) atoms. The van der Waals surface area contributed by atoms with Gasteiger partial charge in [0.2, 0.25) is 0 Å². The zero-order valence-corrected chi connectivity index (χ0v) is 11.3. The molecular formula is C13H24O4. The molecular weight excluding hydrogens is 220 g/mol. The van der Waals surface area contributed by atoms with E-state index >= 15 is 0 Å². The van der Waals surface area contributed by atoms with Gasteiger partial charge >= 0.3 is 11.9 Å². The fourth-order valence-electron chi connectivity index (χ4n) is 1.51. The molecule has 0 aliphatic heterocycles. The molecule has 0 saturated carbocycles. The summed E-state index contributed by atoms with van der Waals surface area (Å²) < 4.78 is 9.88. The van der Waals surface area contributed by atoms with Crippen molar-refractivity contribution in [1.82, 2.24) is 0 Å². The van der Waals surface area contributed by atoms with Crippen molar-refractivity contribution in [3.8, 4) is 0 Å². The first-order chi connectivity index (χ1) is 8.01. The van der Waals surface area contributed by atoms with Crippen LogP contribution < -0.4 is 0 Å². The van der Waals surface area contributed by atoms with Crippen molar-refractivity contribution in [2.45, 2.75) is 59.5 Å². The molecule has 0 aliphatic rings. The quantitative estimate of drug-likeness (QED) is 0.616. The number of esters is 2. The van der Waals surface area contributed by atoms with E-state index in [2.05, 4.69) is 13.8 Å². The van der Waals surface area contributed by atoms with E-state index < -0.39 is 18.0 Å². The predicted molar refractivity (Wildman–Crippen MR) is 65.5 cm³/mol. The molecule has 4 nitrogen and oxygen atoms in total. The molecule has 0 fully saturated rings. The van der Waals surface area contributed by atoms with E-state index in [-0.39, 0.29) is 0 Å². The molecule has 0 amide bonds. The number of unbranched alkanes of at least 4 members (excludes halogenated alkanes) is 1. The van der Waals surface area contributed by atoms with Crippen LogP contribution in [0.5, 0.6) is 0 Å². The molecule has 100 valence electrons. The molecule has 0 radical (unpaired) electrons. The van der Waals surface area contributed by atoms with E-state index in [1.54, 1.807) is 0 Å². The van der Waals surface area contributed by atoms with Crippen LogP contribution in [0.25, 0.3) is 0 Å². The molecule has 0 spiro atoms. The Hall–Kier alpha value is -1.06. The Kier molecular flexibility index (Phi) is 8.46. The van der Waals surface area contributed by atoms with Crippen LogP contribution in [-0.2, 0) is 19.1 Å². The van der Waals surface area contributed by atoms with E-state index in [4.69, 9.17) is 9.47 Å². The first-order valence-electron chi connectivity index (χ1n) is 6.35. The van der Waals surface area contributed by atoms with Crippen molar-refractivity contribution < 1.29 is 19.1 Å². The minimum atomic E-state index is -0.809. The van der Waals surface area contributed by atoms with Crippen LogP contribution in [0.2, 0.25) is 0 Å². The van der Waals surface area contributed by atoms with E-state index in [0.717, 1.165) is 25.7 Å². The lowest BCUT2D eigenvalue weighted by Gasteiger charge is -2.16. The van der Waals surface area contributed by atoms with Gasteiger partial charge < -0.3 is 9.47 Å². The largest absolute Gasteiger partial charge is 0.463 e.